The first-order chi connectivity index (χ1) is 13.5. The fourth-order valence-corrected chi connectivity index (χ4v) is 5.44. The highest BCUT2D eigenvalue weighted by atomic mass is 32.2. The molecule has 152 valence electrons. The fraction of sp³-hybridized carbons (Fsp3) is 0.450. The maximum Gasteiger partial charge on any atom is 0.236 e. The van der Waals surface area contributed by atoms with Crippen molar-refractivity contribution >= 4 is 33.0 Å². The molecule has 2 N–H and O–H groups in total. The number of nitrogens with one attached hydrogen (secondary N) is 2. The van der Waals surface area contributed by atoms with E-state index in [1.165, 1.54) is 9.18 Å². The Hall–Kier alpha value is -2.06. The summed E-state index contributed by atoms with van der Waals surface area (Å²) < 4.78 is 27.1. The molecule has 0 fully saturated rings. The zero-order valence-corrected chi connectivity index (χ0v) is 18.0. The quantitative estimate of drug-likeness (QED) is 0.509. The number of para-hydroxylation sites is 1. The van der Waals surface area contributed by atoms with E-state index in [1.54, 1.807) is 11.3 Å². The molecule has 0 saturated heterocycles. The Morgan fingerprint density at radius 1 is 1.25 bits per heavy atom. The van der Waals surface area contributed by atoms with Crippen molar-refractivity contribution in [2.24, 2.45) is 4.99 Å². The number of thiophene rings is 1. The van der Waals surface area contributed by atoms with Crippen LogP contribution in [-0.2, 0) is 16.4 Å². The molecule has 1 aliphatic heterocycles. The molecule has 0 saturated carbocycles. The molecular formula is C20H28N4O2S2. The SMILES string of the molecule is CCNC(=NCC(C)c1cccs1)NCCS(=O)(=O)N1CCc2ccccc21. The van der Waals surface area contributed by atoms with Crippen LogP contribution in [0.15, 0.2) is 46.8 Å². The predicted molar refractivity (Wildman–Crippen MR) is 118 cm³/mol. The molecule has 28 heavy (non-hydrogen) atoms. The summed E-state index contributed by atoms with van der Waals surface area (Å²) in [5.74, 6) is 1.02. The van der Waals surface area contributed by atoms with Gasteiger partial charge in [0, 0.05) is 30.4 Å². The van der Waals surface area contributed by atoms with E-state index >= 15 is 0 Å². The summed E-state index contributed by atoms with van der Waals surface area (Å²) in [6, 6.07) is 11.9. The van der Waals surface area contributed by atoms with Gasteiger partial charge in [0.05, 0.1) is 18.0 Å². The molecule has 0 aliphatic carbocycles. The highest BCUT2D eigenvalue weighted by molar-refractivity contribution is 7.92. The van der Waals surface area contributed by atoms with E-state index in [-0.39, 0.29) is 5.75 Å². The number of fused-ring (bicyclic) bond motifs is 1. The van der Waals surface area contributed by atoms with Crippen molar-refractivity contribution < 1.29 is 8.42 Å². The molecule has 0 radical (unpaired) electrons. The molecule has 2 heterocycles. The summed E-state index contributed by atoms with van der Waals surface area (Å²) in [4.78, 5) is 5.92. The Labute approximate surface area is 171 Å². The van der Waals surface area contributed by atoms with Gasteiger partial charge in [0.25, 0.3) is 0 Å². The predicted octanol–water partition coefficient (Wildman–Crippen LogP) is 2.80. The smallest absolute Gasteiger partial charge is 0.236 e. The number of hydrogen-bond acceptors (Lipinski definition) is 4. The van der Waals surface area contributed by atoms with Gasteiger partial charge in [0.2, 0.25) is 10.0 Å². The molecule has 2 aromatic rings. The number of nitrogens with zero attached hydrogens (tertiary/aromatic N) is 2. The molecule has 0 spiro atoms. The Kier molecular flexibility index (Phi) is 6.96. The third-order valence-electron chi connectivity index (χ3n) is 4.73. The van der Waals surface area contributed by atoms with Crippen LogP contribution in [-0.4, -0.2) is 46.3 Å². The monoisotopic (exact) mass is 420 g/mol. The number of anilines is 1. The van der Waals surface area contributed by atoms with Crippen molar-refractivity contribution in [1.82, 2.24) is 10.6 Å². The molecule has 1 unspecified atom stereocenters. The highest BCUT2D eigenvalue weighted by Gasteiger charge is 2.28. The zero-order valence-electron chi connectivity index (χ0n) is 16.4. The van der Waals surface area contributed by atoms with Gasteiger partial charge in [0.15, 0.2) is 5.96 Å². The minimum Gasteiger partial charge on any atom is -0.357 e. The average molecular weight is 421 g/mol. The molecule has 3 rings (SSSR count). The molecule has 0 amide bonds. The topological polar surface area (TPSA) is 73.8 Å². The van der Waals surface area contributed by atoms with Gasteiger partial charge in [-0.1, -0.05) is 31.2 Å². The van der Waals surface area contributed by atoms with E-state index in [0.717, 1.165) is 24.2 Å². The number of rotatable bonds is 8. The maximum absolute atomic E-state index is 12.8. The lowest BCUT2D eigenvalue weighted by Crippen LogP contribution is -2.42. The van der Waals surface area contributed by atoms with E-state index < -0.39 is 10.0 Å². The van der Waals surface area contributed by atoms with Crippen LogP contribution in [0, 0.1) is 0 Å². The van der Waals surface area contributed by atoms with Crippen LogP contribution >= 0.6 is 11.3 Å². The van der Waals surface area contributed by atoms with Gasteiger partial charge in [-0.05, 0) is 36.4 Å². The first kappa shape index (κ1) is 20.7. The largest absolute Gasteiger partial charge is 0.357 e. The summed E-state index contributed by atoms with van der Waals surface area (Å²) in [7, 11) is -3.36. The van der Waals surface area contributed by atoms with Crippen molar-refractivity contribution in [3.05, 3.63) is 52.2 Å². The fourth-order valence-electron chi connectivity index (χ4n) is 3.24. The van der Waals surface area contributed by atoms with Crippen molar-refractivity contribution in [2.75, 3.05) is 36.2 Å². The summed E-state index contributed by atoms with van der Waals surface area (Å²) in [6.45, 7) is 6.37. The normalized spacial score (nSPS) is 15.4. The zero-order chi connectivity index (χ0) is 20.0. The minimum atomic E-state index is -3.36. The summed E-state index contributed by atoms with van der Waals surface area (Å²) in [5, 5.41) is 8.42. The lowest BCUT2D eigenvalue weighted by Gasteiger charge is -2.20. The molecule has 6 nitrogen and oxygen atoms in total. The van der Waals surface area contributed by atoms with Crippen LogP contribution in [0.25, 0.3) is 0 Å². The van der Waals surface area contributed by atoms with Crippen molar-refractivity contribution in [3.63, 3.8) is 0 Å². The van der Waals surface area contributed by atoms with Crippen molar-refractivity contribution in [1.29, 1.82) is 0 Å². The van der Waals surface area contributed by atoms with Gasteiger partial charge in [0.1, 0.15) is 0 Å². The van der Waals surface area contributed by atoms with Crippen LogP contribution < -0.4 is 14.9 Å². The summed E-state index contributed by atoms with van der Waals surface area (Å²) in [5.41, 5.74) is 1.91. The lowest BCUT2D eigenvalue weighted by molar-refractivity contribution is 0.590. The van der Waals surface area contributed by atoms with E-state index in [1.807, 2.05) is 37.3 Å². The van der Waals surface area contributed by atoms with Crippen LogP contribution in [0.4, 0.5) is 5.69 Å². The molecule has 1 aliphatic rings. The highest BCUT2D eigenvalue weighted by Crippen LogP contribution is 2.29. The minimum absolute atomic E-state index is 0.0340. The van der Waals surface area contributed by atoms with Crippen molar-refractivity contribution in [2.45, 2.75) is 26.2 Å². The van der Waals surface area contributed by atoms with E-state index in [0.29, 0.717) is 31.5 Å². The van der Waals surface area contributed by atoms with Crippen LogP contribution in [0.1, 0.15) is 30.2 Å². The van der Waals surface area contributed by atoms with Crippen LogP contribution in [0.5, 0.6) is 0 Å². The molecule has 1 aromatic heterocycles. The molecular weight excluding hydrogens is 392 g/mol. The lowest BCUT2D eigenvalue weighted by atomic mass is 10.1. The second-order valence-electron chi connectivity index (χ2n) is 6.83. The molecule has 1 aromatic carbocycles. The Morgan fingerprint density at radius 3 is 2.82 bits per heavy atom. The second-order valence-corrected chi connectivity index (χ2v) is 9.82. The van der Waals surface area contributed by atoms with E-state index in [9.17, 15) is 8.42 Å². The standard InChI is InChI=1S/C20H28N4O2S2/c1-3-21-20(23-15-16(2)19-9-6-13-27-19)22-11-14-28(25,26)24-12-10-17-7-4-5-8-18(17)24/h4-9,13,16H,3,10-12,14-15H2,1-2H3,(H2,21,22,23). The van der Waals surface area contributed by atoms with Gasteiger partial charge in [-0.15, -0.1) is 11.3 Å². The van der Waals surface area contributed by atoms with E-state index in [2.05, 4.69) is 34.0 Å². The average Bonchev–Trinajstić information content (AvgIpc) is 3.35. The number of aliphatic imine (C=N–C) groups is 1. The Bertz CT molecular complexity index is 895. The molecule has 8 heteroatoms. The van der Waals surface area contributed by atoms with Gasteiger partial charge < -0.3 is 10.6 Å². The van der Waals surface area contributed by atoms with Crippen LogP contribution in [0.3, 0.4) is 0 Å². The second kappa shape index (κ2) is 9.43. The van der Waals surface area contributed by atoms with Crippen LogP contribution in [0.2, 0.25) is 0 Å². The molecule has 1 atom stereocenters. The first-order valence-electron chi connectivity index (χ1n) is 9.65. The Balaban J connectivity index is 1.56. The van der Waals surface area contributed by atoms with E-state index in [4.69, 9.17) is 0 Å². The Morgan fingerprint density at radius 2 is 2.07 bits per heavy atom. The number of hydrogen-bond donors (Lipinski definition) is 2. The summed E-state index contributed by atoms with van der Waals surface area (Å²) >= 11 is 1.73. The third kappa shape index (κ3) is 5.05. The molecule has 0 bridgehead atoms. The van der Waals surface area contributed by atoms with Gasteiger partial charge >= 0.3 is 0 Å². The van der Waals surface area contributed by atoms with Gasteiger partial charge in [-0.2, -0.15) is 0 Å². The first-order valence-corrected chi connectivity index (χ1v) is 12.1. The van der Waals surface area contributed by atoms with Crippen molar-refractivity contribution in [3.8, 4) is 0 Å². The van der Waals surface area contributed by atoms with Gasteiger partial charge in [-0.25, -0.2) is 8.42 Å². The number of benzene rings is 1. The number of sulfonamides is 1. The summed E-state index contributed by atoms with van der Waals surface area (Å²) in [6.07, 6.45) is 0.771. The van der Waals surface area contributed by atoms with Gasteiger partial charge in [-0.3, -0.25) is 9.30 Å². The maximum atomic E-state index is 12.8. The third-order valence-corrected chi connectivity index (χ3v) is 7.60. The number of guanidine groups is 1.